The van der Waals surface area contributed by atoms with Crippen LogP contribution in [-0.4, -0.2) is 51.4 Å². The van der Waals surface area contributed by atoms with E-state index in [1.54, 1.807) is 14.0 Å². The topological polar surface area (TPSA) is 138 Å². The second-order valence-corrected chi connectivity index (χ2v) is 9.11. The molecule has 2 aromatic rings. The molecule has 0 aromatic carbocycles. The Morgan fingerprint density at radius 1 is 1.23 bits per heavy atom. The Morgan fingerprint density at radius 3 is 2.56 bits per heavy atom. The minimum Gasteiger partial charge on any atom is -0.390 e. The van der Waals surface area contributed by atoms with Crippen molar-refractivity contribution in [2.24, 2.45) is 4.99 Å². The molecule has 10 nitrogen and oxygen atoms in total. The van der Waals surface area contributed by atoms with Crippen LogP contribution >= 0.6 is 22.9 Å². The van der Waals surface area contributed by atoms with Crippen molar-refractivity contribution in [1.82, 2.24) is 25.6 Å². The largest absolute Gasteiger partial charge is 0.419 e. The van der Waals surface area contributed by atoms with Gasteiger partial charge in [-0.25, -0.2) is 19.9 Å². The Labute approximate surface area is 231 Å². The van der Waals surface area contributed by atoms with Crippen molar-refractivity contribution in [1.29, 1.82) is 0 Å². The van der Waals surface area contributed by atoms with Crippen molar-refractivity contribution in [2.45, 2.75) is 52.3 Å². The highest BCUT2D eigenvalue weighted by Crippen LogP contribution is 2.30. The molecule has 0 radical (unpaired) electrons. The van der Waals surface area contributed by atoms with Gasteiger partial charge >= 0.3 is 6.18 Å². The van der Waals surface area contributed by atoms with Crippen LogP contribution in [0.25, 0.3) is 0 Å². The first kappa shape index (κ1) is 31.6. The fourth-order valence-corrected chi connectivity index (χ4v) is 4.19. The van der Waals surface area contributed by atoms with E-state index < -0.39 is 16.9 Å². The summed E-state index contributed by atoms with van der Waals surface area (Å²) in [5.74, 6) is -0.109. The predicted octanol–water partition coefficient (Wildman–Crippen LogP) is 4.72. The Bertz CT molecular complexity index is 1290. The number of hydrogen-bond acceptors (Lipinski definition) is 9. The van der Waals surface area contributed by atoms with Crippen LogP contribution in [0.5, 0.6) is 0 Å². The molecule has 210 valence electrons. The summed E-state index contributed by atoms with van der Waals surface area (Å²) in [5, 5.41) is 8.26. The van der Waals surface area contributed by atoms with Crippen LogP contribution in [-0.2, 0) is 11.2 Å². The van der Waals surface area contributed by atoms with Gasteiger partial charge in [0.2, 0.25) is 5.91 Å². The summed E-state index contributed by atoms with van der Waals surface area (Å²) in [4.78, 5) is 50.7. The lowest BCUT2D eigenvalue weighted by Crippen LogP contribution is -2.30. The zero-order valence-electron chi connectivity index (χ0n) is 21.5. The normalized spacial score (nSPS) is 15.2. The lowest BCUT2D eigenvalue weighted by atomic mass is 10.0. The molecular formula is C24H27ClF3N7O3S. The number of thiazole rings is 1. The van der Waals surface area contributed by atoms with Crippen molar-refractivity contribution in [3.63, 3.8) is 0 Å². The van der Waals surface area contributed by atoms with E-state index in [-0.39, 0.29) is 30.0 Å². The fraction of sp³-hybridized carbons (Fsp3) is 0.375. The number of aliphatic imine (C=N–C) groups is 1. The van der Waals surface area contributed by atoms with E-state index in [1.807, 2.05) is 13.8 Å². The molecule has 2 amide bonds. The number of carbonyl (C=O) groups is 3. The average Bonchev–Trinajstić information content (AvgIpc) is 3.32. The maximum atomic E-state index is 12.5. The number of aromatic nitrogens is 3. The molecule has 4 rings (SSSR count). The van der Waals surface area contributed by atoms with Gasteiger partial charge in [-0.1, -0.05) is 31.5 Å². The van der Waals surface area contributed by atoms with E-state index in [0.717, 1.165) is 12.4 Å². The van der Waals surface area contributed by atoms with Crippen LogP contribution in [0.2, 0.25) is 0 Å². The smallest absolute Gasteiger partial charge is 0.390 e. The standard InChI is InChI=1S/C14H13N5O3S.C8H8ClF3N2.C2H6/c1-7(14-15-4-8(5-20)23-14)18-13(22)11-9-2-3-10(21)19-12(9)17-6-16-11;1-13-5-2-3-6(8(10,11)12)7(9)14-4-5;1-2/h4-7H,2-3H2,1H3,(H,18,22)(H,16,17,19,21);3-4,13H,2H2,1H3;1-2H3. The van der Waals surface area contributed by atoms with Gasteiger partial charge in [0.25, 0.3) is 5.91 Å². The van der Waals surface area contributed by atoms with Crippen LogP contribution in [0.3, 0.4) is 0 Å². The first-order chi connectivity index (χ1) is 18.5. The Kier molecular flexibility index (Phi) is 11.7. The summed E-state index contributed by atoms with van der Waals surface area (Å²) < 4.78 is 37.0. The van der Waals surface area contributed by atoms with E-state index in [1.165, 1.54) is 30.1 Å². The van der Waals surface area contributed by atoms with Crippen molar-refractivity contribution in [3.8, 4) is 0 Å². The first-order valence-corrected chi connectivity index (χ1v) is 13.0. The van der Waals surface area contributed by atoms with Gasteiger partial charge in [0.15, 0.2) is 6.29 Å². The summed E-state index contributed by atoms with van der Waals surface area (Å²) in [6.45, 7) is 5.78. The second-order valence-electron chi connectivity index (χ2n) is 7.66. The van der Waals surface area contributed by atoms with E-state index in [2.05, 4.69) is 35.9 Å². The van der Waals surface area contributed by atoms with Gasteiger partial charge in [-0.15, -0.1) is 11.3 Å². The van der Waals surface area contributed by atoms with E-state index in [0.29, 0.717) is 39.8 Å². The maximum Gasteiger partial charge on any atom is 0.419 e. The summed E-state index contributed by atoms with van der Waals surface area (Å²) in [6, 6.07) is -0.356. The number of nitrogens with one attached hydrogen (secondary N) is 3. The summed E-state index contributed by atoms with van der Waals surface area (Å²) in [6.07, 6.45) is 2.16. The number of halogens is 4. The summed E-state index contributed by atoms with van der Waals surface area (Å²) in [5.41, 5.74) is 0.571. The third kappa shape index (κ3) is 8.68. The van der Waals surface area contributed by atoms with E-state index >= 15 is 0 Å². The average molecular weight is 586 g/mol. The number of hydrogen-bond donors (Lipinski definition) is 3. The van der Waals surface area contributed by atoms with Crippen LogP contribution in [0.4, 0.5) is 19.0 Å². The number of amides is 2. The zero-order valence-corrected chi connectivity index (χ0v) is 23.1. The maximum absolute atomic E-state index is 12.5. The highest BCUT2D eigenvalue weighted by molar-refractivity contribution is 7.13. The van der Waals surface area contributed by atoms with Crippen molar-refractivity contribution >= 4 is 52.0 Å². The van der Waals surface area contributed by atoms with Gasteiger partial charge in [-0.3, -0.25) is 14.4 Å². The van der Waals surface area contributed by atoms with Gasteiger partial charge < -0.3 is 16.0 Å². The fourth-order valence-electron chi connectivity index (χ4n) is 3.22. The van der Waals surface area contributed by atoms with Crippen molar-refractivity contribution < 1.29 is 27.6 Å². The minimum atomic E-state index is -4.45. The SMILES string of the molecule is CC.CC(NC(=O)c1ncnc2c1CCC(=O)N2)c1ncc(C=O)s1.CNC1=CN=C(Cl)C(C(F)(F)F)=CC1. The Hall–Kier alpha value is -3.65. The molecule has 0 bridgehead atoms. The second kappa shape index (κ2) is 14.5. The number of aldehydes is 1. The summed E-state index contributed by atoms with van der Waals surface area (Å²) >= 11 is 6.61. The molecule has 1 unspecified atom stereocenters. The number of rotatable bonds is 5. The van der Waals surface area contributed by atoms with Gasteiger partial charge in [0, 0.05) is 43.5 Å². The molecule has 4 heterocycles. The van der Waals surface area contributed by atoms with Gasteiger partial charge in [0.1, 0.15) is 28.0 Å². The van der Waals surface area contributed by atoms with Crippen LogP contribution in [0, 0.1) is 0 Å². The number of carbonyl (C=O) groups excluding carboxylic acids is 3. The van der Waals surface area contributed by atoms with Gasteiger partial charge in [0.05, 0.1) is 16.5 Å². The Balaban J connectivity index is 0.000000287. The number of allylic oxidation sites excluding steroid dienone is 2. The molecule has 0 aliphatic carbocycles. The molecule has 1 atom stereocenters. The lowest BCUT2D eigenvalue weighted by Gasteiger charge is -2.18. The van der Waals surface area contributed by atoms with Crippen LogP contribution in [0.1, 0.15) is 70.4 Å². The quantitative estimate of drug-likeness (QED) is 0.431. The number of fused-ring (bicyclic) bond motifs is 1. The zero-order chi connectivity index (χ0) is 29.2. The van der Waals surface area contributed by atoms with Crippen LogP contribution in [0.15, 0.2) is 41.1 Å². The van der Waals surface area contributed by atoms with Crippen LogP contribution < -0.4 is 16.0 Å². The Morgan fingerprint density at radius 2 is 1.95 bits per heavy atom. The van der Waals surface area contributed by atoms with Gasteiger partial charge in [-0.2, -0.15) is 13.2 Å². The molecule has 39 heavy (non-hydrogen) atoms. The molecular weight excluding hydrogens is 559 g/mol. The monoisotopic (exact) mass is 585 g/mol. The predicted molar refractivity (Wildman–Crippen MR) is 143 cm³/mol. The molecule has 2 aliphatic heterocycles. The molecule has 2 aliphatic rings. The molecule has 0 saturated heterocycles. The third-order valence-corrected chi connectivity index (χ3v) is 6.51. The van der Waals surface area contributed by atoms with E-state index in [9.17, 15) is 27.6 Å². The van der Waals surface area contributed by atoms with Crippen molar-refractivity contribution in [3.05, 3.63) is 57.2 Å². The highest BCUT2D eigenvalue weighted by Gasteiger charge is 2.36. The highest BCUT2D eigenvalue weighted by atomic mass is 35.5. The number of nitrogens with zero attached hydrogens (tertiary/aromatic N) is 4. The molecule has 3 N–H and O–H groups in total. The molecule has 0 fully saturated rings. The minimum absolute atomic E-state index is 0.125. The molecule has 0 spiro atoms. The molecule has 0 saturated carbocycles. The number of alkyl halides is 3. The van der Waals surface area contributed by atoms with E-state index in [4.69, 9.17) is 11.6 Å². The van der Waals surface area contributed by atoms with Gasteiger partial charge in [-0.05, 0) is 13.3 Å². The first-order valence-electron chi connectivity index (χ1n) is 11.8. The summed E-state index contributed by atoms with van der Waals surface area (Å²) in [7, 11) is 1.61. The lowest BCUT2D eigenvalue weighted by molar-refractivity contribution is -0.116. The molecule has 2 aromatic heterocycles. The third-order valence-electron chi connectivity index (χ3n) is 5.10. The molecule has 15 heteroatoms. The van der Waals surface area contributed by atoms with Crippen molar-refractivity contribution in [2.75, 3.05) is 12.4 Å². The number of anilines is 1.